The normalized spacial score (nSPS) is 12.4. The van der Waals surface area contributed by atoms with Crippen LogP contribution in [0.3, 0.4) is 0 Å². The number of rotatable bonds is 3. The molecular weight excluding hydrogens is 319 g/mol. The molecule has 0 amide bonds. The Balaban J connectivity index is 0.00000242. The van der Waals surface area contributed by atoms with E-state index in [-0.39, 0.29) is 23.9 Å². The Morgan fingerprint density at radius 1 is 1.09 bits per heavy atom. The van der Waals surface area contributed by atoms with Gasteiger partial charge in [0.05, 0.1) is 6.04 Å². The molecule has 0 spiro atoms. The highest BCUT2D eigenvalue weighted by molar-refractivity contribution is 5.85. The van der Waals surface area contributed by atoms with Crippen molar-refractivity contribution in [3.05, 3.63) is 59.2 Å². The fraction of sp³-hybridized carbons (Fsp3) is 0.200. The molecule has 0 radical (unpaired) electrons. The van der Waals surface area contributed by atoms with Crippen molar-refractivity contribution < 1.29 is 23.0 Å². The lowest BCUT2D eigenvalue weighted by Crippen LogP contribution is -2.17. The zero-order valence-corrected chi connectivity index (χ0v) is 12.4. The van der Waals surface area contributed by atoms with Gasteiger partial charge in [0.15, 0.2) is 0 Å². The highest BCUT2D eigenvalue weighted by atomic mass is 35.5. The Hall–Kier alpha value is -1.92. The van der Waals surface area contributed by atoms with Gasteiger partial charge in [-0.15, -0.1) is 25.6 Å². The number of phenolic OH excluding ortho intramolecular Hbond substituents is 1. The average molecular weight is 334 g/mol. The number of aromatic hydroxyl groups is 1. The lowest BCUT2D eigenvalue weighted by Gasteiger charge is -2.15. The van der Waals surface area contributed by atoms with Gasteiger partial charge in [0, 0.05) is 5.56 Å². The number of nitrogens with two attached hydrogens (primary N) is 1. The molecule has 3 nitrogen and oxygen atoms in total. The zero-order chi connectivity index (χ0) is 15.6. The van der Waals surface area contributed by atoms with Crippen LogP contribution in [0, 0.1) is 6.92 Å². The summed E-state index contributed by atoms with van der Waals surface area (Å²) in [7, 11) is 0. The Morgan fingerprint density at radius 2 is 1.68 bits per heavy atom. The third-order valence-electron chi connectivity index (χ3n) is 2.99. The van der Waals surface area contributed by atoms with E-state index in [1.807, 2.05) is 6.92 Å². The molecule has 0 aromatic heterocycles. The van der Waals surface area contributed by atoms with Gasteiger partial charge in [0.1, 0.15) is 11.5 Å². The van der Waals surface area contributed by atoms with E-state index in [1.165, 1.54) is 24.3 Å². The third-order valence-corrected chi connectivity index (χ3v) is 2.99. The van der Waals surface area contributed by atoms with E-state index in [0.29, 0.717) is 11.1 Å². The number of phenols is 1. The van der Waals surface area contributed by atoms with E-state index >= 15 is 0 Å². The topological polar surface area (TPSA) is 55.5 Å². The molecule has 7 heteroatoms. The predicted octanol–water partition coefficient (Wildman–Crippen LogP) is 4.07. The summed E-state index contributed by atoms with van der Waals surface area (Å²) in [6.07, 6.45) is -4.72. The van der Waals surface area contributed by atoms with Gasteiger partial charge in [-0.3, -0.25) is 0 Å². The van der Waals surface area contributed by atoms with Gasteiger partial charge in [-0.2, -0.15) is 0 Å². The van der Waals surface area contributed by atoms with Crippen LogP contribution >= 0.6 is 12.4 Å². The van der Waals surface area contributed by atoms with Crippen molar-refractivity contribution in [1.29, 1.82) is 0 Å². The summed E-state index contributed by atoms with van der Waals surface area (Å²) in [5.41, 5.74) is 7.99. The van der Waals surface area contributed by atoms with Crippen LogP contribution in [0.25, 0.3) is 0 Å². The van der Waals surface area contributed by atoms with Crippen molar-refractivity contribution >= 4 is 12.4 Å². The van der Waals surface area contributed by atoms with Crippen molar-refractivity contribution in [3.63, 3.8) is 0 Å². The number of aryl methyl sites for hydroxylation is 1. The maximum absolute atomic E-state index is 12.1. The third kappa shape index (κ3) is 4.54. The molecule has 0 fully saturated rings. The lowest BCUT2D eigenvalue weighted by molar-refractivity contribution is -0.274. The first kappa shape index (κ1) is 18.1. The first-order chi connectivity index (χ1) is 9.76. The van der Waals surface area contributed by atoms with Crippen molar-refractivity contribution in [2.45, 2.75) is 19.3 Å². The molecule has 2 aromatic carbocycles. The first-order valence-electron chi connectivity index (χ1n) is 6.17. The molecule has 0 unspecified atom stereocenters. The minimum atomic E-state index is -4.72. The van der Waals surface area contributed by atoms with Crippen molar-refractivity contribution in [2.75, 3.05) is 0 Å². The highest BCUT2D eigenvalue weighted by Crippen LogP contribution is 2.30. The second kappa shape index (κ2) is 6.89. The van der Waals surface area contributed by atoms with Crippen molar-refractivity contribution in [2.24, 2.45) is 5.73 Å². The van der Waals surface area contributed by atoms with Gasteiger partial charge in [-0.25, -0.2) is 0 Å². The standard InChI is InChI=1S/C15H14F3NO2.ClH/c1-9-2-7-12(13(20)8-9)14(19)10-3-5-11(6-4-10)21-15(16,17)18;/h2-8,14,20H,19H2,1H3;1H/t14-;/m1./s1. The molecule has 0 aliphatic carbocycles. The zero-order valence-electron chi connectivity index (χ0n) is 11.6. The summed E-state index contributed by atoms with van der Waals surface area (Å²) in [4.78, 5) is 0. The molecule has 22 heavy (non-hydrogen) atoms. The largest absolute Gasteiger partial charge is 0.573 e. The van der Waals surface area contributed by atoms with Crippen LogP contribution in [0.4, 0.5) is 13.2 Å². The van der Waals surface area contributed by atoms with Gasteiger partial charge in [0.25, 0.3) is 0 Å². The molecule has 0 aliphatic heterocycles. The van der Waals surface area contributed by atoms with Gasteiger partial charge in [-0.05, 0) is 36.2 Å². The fourth-order valence-electron chi connectivity index (χ4n) is 1.97. The number of ether oxygens (including phenoxy) is 1. The van der Waals surface area contributed by atoms with Crippen molar-refractivity contribution in [1.82, 2.24) is 0 Å². The fourth-order valence-corrected chi connectivity index (χ4v) is 1.97. The molecule has 3 N–H and O–H groups in total. The smallest absolute Gasteiger partial charge is 0.508 e. The summed E-state index contributed by atoms with van der Waals surface area (Å²) in [5.74, 6) is -0.260. The summed E-state index contributed by atoms with van der Waals surface area (Å²) in [6, 6.07) is 9.69. The molecule has 0 saturated carbocycles. The summed E-state index contributed by atoms with van der Waals surface area (Å²) < 4.78 is 40.0. The number of alkyl halides is 3. The van der Waals surface area contributed by atoms with E-state index in [2.05, 4.69) is 4.74 Å². The van der Waals surface area contributed by atoms with Crippen LogP contribution < -0.4 is 10.5 Å². The first-order valence-corrected chi connectivity index (χ1v) is 6.17. The molecule has 120 valence electrons. The number of hydrogen-bond acceptors (Lipinski definition) is 3. The van der Waals surface area contributed by atoms with E-state index in [9.17, 15) is 18.3 Å². The monoisotopic (exact) mass is 333 g/mol. The van der Waals surface area contributed by atoms with Crippen LogP contribution in [0.1, 0.15) is 22.7 Å². The Morgan fingerprint density at radius 3 is 2.18 bits per heavy atom. The van der Waals surface area contributed by atoms with Crippen LogP contribution in [-0.2, 0) is 0 Å². The van der Waals surface area contributed by atoms with E-state index in [4.69, 9.17) is 5.73 Å². The maximum Gasteiger partial charge on any atom is 0.573 e. The molecular formula is C15H15ClF3NO2. The molecule has 2 aromatic rings. The lowest BCUT2D eigenvalue weighted by atomic mass is 9.98. The number of hydrogen-bond donors (Lipinski definition) is 2. The molecule has 1 atom stereocenters. The van der Waals surface area contributed by atoms with E-state index < -0.39 is 12.4 Å². The summed E-state index contributed by atoms with van der Waals surface area (Å²) in [5, 5.41) is 9.88. The number of halogens is 4. The van der Waals surface area contributed by atoms with Crippen LogP contribution in [0.2, 0.25) is 0 Å². The Labute approximate surface area is 131 Å². The summed E-state index contributed by atoms with van der Waals surface area (Å²) >= 11 is 0. The van der Waals surface area contributed by atoms with Gasteiger partial charge in [0.2, 0.25) is 0 Å². The molecule has 2 rings (SSSR count). The second-order valence-electron chi connectivity index (χ2n) is 4.66. The molecule has 0 bridgehead atoms. The van der Waals surface area contributed by atoms with E-state index in [1.54, 1.807) is 18.2 Å². The van der Waals surface area contributed by atoms with Crippen LogP contribution in [0.15, 0.2) is 42.5 Å². The quantitative estimate of drug-likeness (QED) is 0.890. The van der Waals surface area contributed by atoms with Crippen molar-refractivity contribution in [3.8, 4) is 11.5 Å². The van der Waals surface area contributed by atoms with Gasteiger partial charge in [-0.1, -0.05) is 24.3 Å². The SMILES string of the molecule is Cc1ccc([C@H](N)c2ccc(OC(F)(F)F)cc2)c(O)c1.Cl. The minimum Gasteiger partial charge on any atom is -0.508 e. The Kier molecular flexibility index (Phi) is 5.68. The minimum absolute atomic E-state index is 0. The average Bonchev–Trinajstić information content (AvgIpc) is 2.37. The highest BCUT2D eigenvalue weighted by Gasteiger charge is 2.31. The maximum atomic E-state index is 12.1. The molecule has 0 heterocycles. The summed E-state index contributed by atoms with van der Waals surface area (Å²) in [6.45, 7) is 1.83. The molecule has 0 saturated heterocycles. The van der Waals surface area contributed by atoms with E-state index in [0.717, 1.165) is 5.56 Å². The van der Waals surface area contributed by atoms with Crippen LogP contribution in [0.5, 0.6) is 11.5 Å². The number of benzene rings is 2. The Bertz CT molecular complexity index is 630. The van der Waals surface area contributed by atoms with Gasteiger partial charge >= 0.3 is 6.36 Å². The molecule has 0 aliphatic rings. The predicted molar refractivity (Wildman–Crippen MR) is 79.2 cm³/mol. The van der Waals surface area contributed by atoms with Gasteiger partial charge < -0.3 is 15.6 Å². The van der Waals surface area contributed by atoms with Crippen LogP contribution in [-0.4, -0.2) is 11.5 Å². The second-order valence-corrected chi connectivity index (χ2v) is 4.66.